The Balaban J connectivity index is 2.50. The van der Waals surface area contributed by atoms with E-state index in [1.54, 1.807) is 0 Å². The fourth-order valence-corrected chi connectivity index (χ4v) is 2.14. The van der Waals surface area contributed by atoms with Crippen LogP contribution >= 0.6 is 11.6 Å². The molecular weight excluding hydrogens is 232 g/mol. The highest BCUT2D eigenvalue weighted by atomic mass is 35.5. The summed E-state index contributed by atoms with van der Waals surface area (Å²) in [5.41, 5.74) is 0.997. The molecule has 0 N–H and O–H groups in total. The van der Waals surface area contributed by atoms with E-state index in [-0.39, 0.29) is 5.41 Å². The van der Waals surface area contributed by atoms with Crippen molar-refractivity contribution >= 4 is 17.4 Å². The summed E-state index contributed by atoms with van der Waals surface area (Å²) >= 11 is 5.82. The van der Waals surface area contributed by atoms with E-state index in [4.69, 9.17) is 11.6 Å². The van der Waals surface area contributed by atoms with Crippen molar-refractivity contribution in [2.75, 3.05) is 0 Å². The minimum absolute atomic E-state index is 0.179. The largest absolute Gasteiger partial charge is 0.299 e. The third-order valence-corrected chi connectivity index (χ3v) is 3.44. The van der Waals surface area contributed by atoms with Crippen molar-refractivity contribution in [1.82, 2.24) is 0 Å². The molecule has 0 aliphatic carbocycles. The van der Waals surface area contributed by atoms with Crippen molar-refractivity contribution in [2.24, 2.45) is 5.41 Å². The second-order valence-electron chi connectivity index (χ2n) is 5.18. The first-order valence-corrected chi connectivity index (χ1v) is 6.61. The predicted molar refractivity (Wildman–Crippen MR) is 73.5 cm³/mol. The predicted octanol–water partition coefficient (Wildman–Crippen LogP) is 4.67. The van der Waals surface area contributed by atoms with Gasteiger partial charge in [-0.05, 0) is 30.5 Å². The molecule has 17 heavy (non-hydrogen) atoms. The van der Waals surface area contributed by atoms with Crippen molar-refractivity contribution in [3.63, 3.8) is 0 Å². The number of Topliss-reactive ketones (excluding diaryl/α,β-unsaturated/α-hetero) is 1. The van der Waals surface area contributed by atoms with Gasteiger partial charge >= 0.3 is 0 Å². The third kappa shape index (κ3) is 4.51. The molecule has 0 aliphatic heterocycles. The fourth-order valence-electron chi connectivity index (χ4n) is 2.01. The van der Waals surface area contributed by atoms with Gasteiger partial charge in [-0.3, -0.25) is 4.79 Å². The van der Waals surface area contributed by atoms with Gasteiger partial charge in [-0.25, -0.2) is 0 Å². The second-order valence-corrected chi connectivity index (χ2v) is 5.62. The van der Waals surface area contributed by atoms with E-state index in [1.807, 2.05) is 38.1 Å². The molecule has 94 valence electrons. The summed E-state index contributed by atoms with van der Waals surface area (Å²) in [6.07, 6.45) is 3.45. The molecule has 1 nitrogen and oxygen atoms in total. The average Bonchev–Trinajstić information content (AvgIpc) is 2.27. The Hall–Kier alpha value is -0.820. The molecule has 0 bridgehead atoms. The van der Waals surface area contributed by atoms with Crippen LogP contribution < -0.4 is 0 Å². The summed E-state index contributed by atoms with van der Waals surface area (Å²) in [7, 11) is 0. The molecule has 0 atom stereocenters. The molecule has 0 radical (unpaired) electrons. The van der Waals surface area contributed by atoms with Crippen LogP contribution in [0.2, 0.25) is 5.02 Å². The smallest absolute Gasteiger partial charge is 0.138 e. The zero-order valence-corrected chi connectivity index (χ0v) is 11.7. The van der Waals surface area contributed by atoms with Gasteiger partial charge in [-0.15, -0.1) is 0 Å². The van der Waals surface area contributed by atoms with Crippen molar-refractivity contribution in [3.05, 3.63) is 34.9 Å². The van der Waals surface area contributed by atoms with E-state index in [9.17, 15) is 4.79 Å². The van der Waals surface area contributed by atoms with E-state index in [0.29, 0.717) is 12.2 Å². The SMILES string of the molecule is CCCC(C)(C)C(=O)CCc1ccc(Cl)cc1. The summed E-state index contributed by atoms with van der Waals surface area (Å²) < 4.78 is 0. The lowest BCUT2D eigenvalue weighted by atomic mass is 9.81. The van der Waals surface area contributed by atoms with E-state index >= 15 is 0 Å². The Morgan fingerprint density at radius 1 is 1.24 bits per heavy atom. The Morgan fingerprint density at radius 3 is 2.35 bits per heavy atom. The fraction of sp³-hybridized carbons (Fsp3) is 0.533. The van der Waals surface area contributed by atoms with Gasteiger partial charge in [0.05, 0.1) is 0 Å². The maximum Gasteiger partial charge on any atom is 0.138 e. The number of carbonyl (C=O) groups is 1. The first-order chi connectivity index (χ1) is 7.95. The van der Waals surface area contributed by atoms with Crippen molar-refractivity contribution in [3.8, 4) is 0 Å². The Kier molecular flexibility index (Phi) is 5.20. The van der Waals surface area contributed by atoms with Gasteiger partial charge in [0.1, 0.15) is 5.78 Å². The molecule has 0 spiro atoms. The summed E-state index contributed by atoms with van der Waals surface area (Å²) in [5, 5.41) is 0.742. The number of hydrogen-bond donors (Lipinski definition) is 0. The monoisotopic (exact) mass is 252 g/mol. The van der Waals surface area contributed by atoms with E-state index in [0.717, 1.165) is 24.3 Å². The number of rotatable bonds is 6. The topological polar surface area (TPSA) is 17.1 Å². The molecule has 0 saturated carbocycles. The first-order valence-electron chi connectivity index (χ1n) is 6.23. The van der Waals surface area contributed by atoms with Gasteiger partial charge in [0, 0.05) is 16.9 Å². The first kappa shape index (κ1) is 14.2. The molecule has 0 saturated heterocycles. The highest BCUT2D eigenvalue weighted by Gasteiger charge is 2.25. The highest BCUT2D eigenvalue weighted by Crippen LogP contribution is 2.25. The molecule has 0 unspecified atom stereocenters. The van der Waals surface area contributed by atoms with Gasteiger partial charge < -0.3 is 0 Å². The third-order valence-electron chi connectivity index (χ3n) is 3.18. The summed E-state index contributed by atoms with van der Waals surface area (Å²) in [6, 6.07) is 7.72. The average molecular weight is 253 g/mol. The number of carbonyl (C=O) groups excluding carboxylic acids is 1. The number of halogens is 1. The lowest BCUT2D eigenvalue weighted by molar-refractivity contribution is -0.127. The Labute approximate surface area is 109 Å². The molecule has 0 heterocycles. The van der Waals surface area contributed by atoms with Crippen LogP contribution in [-0.4, -0.2) is 5.78 Å². The van der Waals surface area contributed by atoms with Crippen LogP contribution in [0.3, 0.4) is 0 Å². The van der Waals surface area contributed by atoms with Crippen LogP contribution in [0.25, 0.3) is 0 Å². The zero-order valence-electron chi connectivity index (χ0n) is 10.9. The van der Waals surface area contributed by atoms with E-state index in [2.05, 4.69) is 6.92 Å². The number of hydrogen-bond acceptors (Lipinski definition) is 1. The van der Waals surface area contributed by atoms with Crippen molar-refractivity contribution in [1.29, 1.82) is 0 Å². The minimum atomic E-state index is -0.179. The lowest BCUT2D eigenvalue weighted by Gasteiger charge is -2.22. The maximum atomic E-state index is 12.1. The molecule has 0 aliphatic rings. The molecule has 1 aromatic rings. The van der Waals surface area contributed by atoms with Crippen LogP contribution in [0.1, 0.15) is 45.6 Å². The minimum Gasteiger partial charge on any atom is -0.299 e. The van der Waals surface area contributed by atoms with Crippen LogP contribution in [0.15, 0.2) is 24.3 Å². The normalized spacial score (nSPS) is 11.5. The van der Waals surface area contributed by atoms with Gasteiger partial charge in [0.2, 0.25) is 0 Å². The molecule has 0 fully saturated rings. The second kappa shape index (κ2) is 6.20. The maximum absolute atomic E-state index is 12.1. The molecule has 0 amide bonds. The molecule has 2 heteroatoms. The van der Waals surface area contributed by atoms with Gasteiger partial charge in [-0.1, -0.05) is 50.9 Å². The van der Waals surface area contributed by atoms with Gasteiger partial charge in [-0.2, -0.15) is 0 Å². The Bertz CT molecular complexity index is 365. The number of aryl methyl sites for hydroxylation is 1. The summed E-state index contributed by atoms with van der Waals surface area (Å²) in [6.45, 7) is 6.20. The summed E-state index contributed by atoms with van der Waals surface area (Å²) in [4.78, 5) is 12.1. The quantitative estimate of drug-likeness (QED) is 0.719. The standard InChI is InChI=1S/C15H21ClO/c1-4-11-15(2,3)14(17)10-7-12-5-8-13(16)9-6-12/h5-6,8-9H,4,7,10-11H2,1-3H3. The van der Waals surface area contributed by atoms with Crippen LogP contribution in [0.5, 0.6) is 0 Å². The van der Waals surface area contributed by atoms with Crippen molar-refractivity contribution in [2.45, 2.75) is 46.5 Å². The highest BCUT2D eigenvalue weighted by molar-refractivity contribution is 6.30. The van der Waals surface area contributed by atoms with Gasteiger partial charge in [0.15, 0.2) is 0 Å². The van der Waals surface area contributed by atoms with Crippen LogP contribution in [-0.2, 0) is 11.2 Å². The van der Waals surface area contributed by atoms with Crippen LogP contribution in [0.4, 0.5) is 0 Å². The van der Waals surface area contributed by atoms with Crippen LogP contribution in [0, 0.1) is 5.41 Å². The number of ketones is 1. The summed E-state index contributed by atoms with van der Waals surface area (Å²) in [5.74, 6) is 0.356. The Morgan fingerprint density at radius 2 is 1.82 bits per heavy atom. The zero-order chi connectivity index (χ0) is 12.9. The van der Waals surface area contributed by atoms with E-state index in [1.165, 1.54) is 5.56 Å². The van der Waals surface area contributed by atoms with E-state index < -0.39 is 0 Å². The van der Waals surface area contributed by atoms with Crippen molar-refractivity contribution < 1.29 is 4.79 Å². The molecule has 0 aromatic heterocycles. The number of benzene rings is 1. The molecule has 1 aromatic carbocycles. The van der Waals surface area contributed by atoms with Gasteiger partial charge in [0.25, 0.3) is 0 Å². The lowest BCUT2D eigenvalue weighted by Crippen LogP contribution is -2.24. The molecular formula is C15H21ClO. The molecule has 1 rings (SSSR count).